The lowest BCUT2D eigenvalue weighted by molar-refractivity contribution is -0.130. The lowest BCUT2D eigenvalue weighted by Crippen LogP contribution is -2.38. The number of carbonyl (C=O) groups excluding carboxylic acids is 1. The molecule has 6 nitrogen and oxygen atoms in total. The lowest BCUT2D eigenvalue weighted by atomic mass is 9.89. The maximum absolute atomic E-state index is 15.4. The van der Waals surface area contributed by atoms with E-state index in [1.54, 1.807) is 6.92 Å². The van der Waals surface area contributed by atoms with Gasteiger partial charge in [-0.15, -0.1) is 0 Å². The van der Waals surface area contributed by atoms with Crippen LogP contribution in [-0.4, -0.2) is 40.1 Å². The van der Waals surface area contributed by atoms with Gasteiger partial charge in [0.15, 0.2) is 5.82 Å². The molecule has 1 aromatic carbocycles. The van der Waals surface area contributed by atoms with Gasteiger partial charge in [-0.05, 0) is 54.9 Å². The van der Waals surface area contributed by atoms with E-state index >= 15 is 4.39 Å². The van der Waals surface area contributed by atoms with Crippen LogP contribution in [0.15, 0.2) is 12.1 Å². The Morgan fingerprint density at radius 2 is 2.00 bits per heavy atom. The highest BCUT2D eigenvalue weighted by atomic mass is 19.1. The SMILES string of the molecule is CCCC(F)c1cc2c(cc1C(C)CC)OCCN2c1nc(C2CC2)n2c1CN(C(C)=O)CC2. The number of hydrogen-bond donors (Lipinski definition) is 0. The van der Waals surface area contributed by atoms with Crippen molar-refractivity contribution in [1.82, 2.24) is 14.5 Å². The molecule has 0 saturated heterocycles. The fourth-order valence-corrected chi connectivity index (χ4v) is 5.36. The third kappa shape index (κ3) is 4.07. The fraction of sp³-hybridized carbons (Fsp3) is 0.630. The molecule has 0 N–H and O–H groups in total. The van der Waals surface area contributed by atoms with Crippen molar-refractivity contribution in [2.75, 3.05) is 24.6 Å². The molecule has 1 aliphatic carbocycles. The zero-order chi connectivity index (χ0) is 24.0. The smallest absolute Gasteiger partial charge is 0.219 e. The number of carbonyl (C=O) groups is 1. The van der Waals surface area contributed by atoms with Gasteiger partial charge in [0.25, 0.3) is 0 Å². The van der Waals surface area contributed by atoms with Gasteiger partial charge in [-0.2, -0.15) is 0 Å². The summed E-state index contributed by atoms with van der Waals surface area (Å²) < 4.78 is 23.9. The minimum atomic E-state index is -0.991. The molecule has 0 spiro atoms. The Morgan fingerprint density at radius 1 is 1.21 bits per heavy atom. The average Bonchev–Trinajstić information content (AvgIpc) is 3.62. The summed E-state index contributed by atoms with van der Waals surface area (Å²) in [5.74, 6) is 3.73. The molecule has 3 heterocycles. The molecule has 7 heteroatoms. The first-order chi connectivity index (χ1) is 16.4. The minimum Gasteiger partial charge on any atom is -0.490 e. The number of benzene rings is 1. The van der Waals surface area contributed by atoms with Crippen LogP contribution >= 0.6 is 0 Å². The topological polar surface area (TPSA) is 50.6 Å². The molecule has 2 aromatic rings. The Bertz CT molecular complexity index is 1080. The van der Waals surface area contributed by atoms with Crippen LogP contribution in [0.1, 0.15) is 100 Å². The monoisotopic (exact) mass is 468 g/mol. The standard InChI is InChI=1S/C27H37FN4O2/c1-5-7-22(28)21-14-23-25(15-20(21)17(3)6-2)34-13-12-32(23)27-24-16-30(18(4)33)10-11-31(24)26(29-27)19-8-9-19/h14-15,17,19,22H,5-13,16H2,1-4H3. The zero-order valence-corrected chi connectivity index (χ0v) is 20.9. The highest BCUT2D eigenvalue weighted by molar-refractivity contribution is 5.75. The van der Waals surface area contributed by atoms with Crippen molar-refractivity contribution in [3.05, 3.63) is 34.8 Å². The summed E-state index contributed by atoms with van der Waals surface area (Å²) >= 11 is 0. The van der Waals surface area contributed by atoms with E-state index in [0.29, 0.717) is 32.0 Å². The quantitative estimate of drug-likeness (QED) is 0.502. The van der Waals surface area contributed by atoms with Gasteiger partial charge in [0, 0.05) is 25.9 Å². The van der Waals surface area contributed by atoms with Gasteiger partial charge in [-0.1, -0.05) is 27.2 Å². The number of rotatable bonds is 7. The van der Waals surface area contributed by atoms with Gasteiger partial charge >= 0.3 is 0 Å². The van der Waals surface area contributed by atoms with Gasteiger partial charge in [0.05, 0.1) is 24.5 Å². The number of halogens is 1. The molecule has 2 aliphatic heterocycles. The Labute approximate surface area is 202 Å². The highest BCUT2D eigenvalue weighted by Crippen LogP contribution is 2.47. The first-order valence-corrected chi connectivity index (χ1v) is 13.0. The second-order valence-electron chi connectivity index (χ2n) is 10.1. The van der Waals surface area contributed by atoms with Crippen LogP contribution in [-0.2, 0) is 17.9 Å². The van der Waals surface area contributed by atoms with Crippen molar-refractivity contribution in [2.45, 2.75) is 90.9 Å². The van der Waals surface area contributed by atoms with Gasteiger partial charge in [-0.3, -0.25) is 4.79 Å². The molecule has 5 rings (SSSR count). The largest absolute Gasteiger partial charge is 0.490 e. The number of aromatic nitrogens is 2. The van der Waals surface area contributed by atoms with E-state index in [0.717, 1.165) is 65.8 Å². The third-order valence-corrected chi connectivity index (χ3v) is 7.71. The summed E-state index contributed by atoms with van der Waals surface area (Å²) in [6, 6.07) is 4.09. The Hall–Kier alpha value is -2.57. The van der Waals surface area contributed by atoms with E-state index in [1.807, 2.05) is 17.9 Å². The van der Waals surface area contributed by atoms with Crippen LogP contribution in [0, 0.1) is 0 Å². The molecule has 1 fully saturated rings. The Morgan fingerprint density at radius 3 is 2.68 bits per heavy atom. The van der Waals surface area contributed by atoms with Crippen LogP contribution in [0.3, 0.4) is 0 Å². The molecular formula is C27H37FN4O2. The summed E-state index contributed by atoms with van der Waals surface area (Å²) in [5, 5.41) is 0. The number of fused-ring (bicyclic) bond motifs is 2. The maximum atomic E-state index is 15.4. The van der Waals surface area contributed by atoms with Crippen molar-refractivity contribution in [2.24, 2.45) is 0 Å². The number of anilines is 2. The molecule has 34 heavy (non-hydrogen) atoms. The van der Waals surface area contributed by atoms with Crippen LogP contribution in [0.4, 0.5) is 15.9 Å². The number of hydrogen-bond acceptors (Lipinski definition) is 4. The molecule has 2 unspecified atom stereocenters. The normalized spacial score (nSPS) is 19.3. The van der Waals surface area contributed by atoms with Crippen molar-refractivity contribution < 1.29 is 13.9 Å². The van der Waals surface area contributed by atoms with Crippen LogP contribution in [0.5, 0.6) is 5.75 Å². The molecule has 0 bridgehead atoms. The molecule has 184 valence electrons. The molecule has 0 radical (unpaired) electrons. The Balaban J connectivity index is 1.61. The van der Waals surface area contributed by atoms with E-state index in [2.05, 4.69) is 29.4 Å². The molecule has 2 atom stereocenters. The van der Waals surface area contributed by atoms with E-state index in [1.165, 1.54) is 12.8 Å². The van der Waals surface area contributed by atoms with E-state index < -0.39 is 6.17 Å². The molecule has 1 saturated carbocycles. The van der Waals surface area contributed by atoms with Crippen molar-refractivity contribution in [1.29, 1.82) is 0 Å². The van der Waals surface area contributed by atoms with Crippen molar-refractivity contribution >= 4 is 17.4 Å². The van der Waals surface area contributed by atoms with Crippen molar-refractivity contribution in [3.63, 3.8) is 0 Å². The first kappa shape index (κ1) is 23.2. The summed E-state index contributed by atoms with van der Waals surface area (Å²) in [6.07, 6.45) is 3.63. The third-order valence-electron chi connectivity index (χ3n) is 7.71. The lowest BCUT2D eigenvalue weighted by Gasteiger charge is -2.34. The number of nitrogens with zero attached hydrogens (tertiary/aromatic N) is 4. The van der Waals surface area contributed by atoms with Gasteiger partial charge in [0.2, 0.25) is 5.91 Å². The van der Waals surface area contributed by atoms with Gasteiger partial charge in [0.1, 0.15) is 24.4 Å². The van der Waals surface area contributed by atoms with E-state index in [9.17, 15) is 4.79 Å². The van der Waals surface area contributed by atoms with E-state index in [4.69, 9.17) is 9.72 Å². The Kier molecular flexibility index (Phi) is 6.30. The summed E-state index contributed by atoms with van der Waals surface area (Å²) in [4.78, 5) is 21.4. The molecular weight excluding hydrogens is 431 g/mol. The maximum Gasteiger partial charge on any atom is 0.219 e. The number of amides is 1. The molecule has 1 amide bonds. The number of imidazole rings is 1. The summed E-state index contributed by atoms with van der Waals surface area (Å²) in [5.41, 5.74) is 3.83. The second-order valence-corrected chi connectivity index (χ2v) is 10.1. The molecule has 1 aromatic heterocycles. The van der Waals surface area contributed by atoms with Gasteiger partial charge in [-0.25, -0.2) is 9.37 Å². The first-order valence-electron chi connectivity index (χ1n) is 13.0. The predicted molar refractivity (Wildman–Crippen MR) is 132 cm³/mol. The fourth-order valence-electron chi connectivity index (χ4n) is 5.36. The van der Waals surface area contributed by atoms with E-state index in [-0.39, 0.29) is 11.8 Å². The number of alkyl halides is 1. The summed E-state index contributed by atoms with van der Waals surface area (Å²) in [6.45, 7) is 11.3. The summed E-state index contributed by atoms with van der Waals surface area (Å²) in [7, 11) is 0. The predicted octanol–water partition coefficient (Wildman–Crippen LogP) is 5.98. The van der Waals surface area contributed by atoms with Crippen LogP contribution in [0.25, 0.3) is 0 Å². The van der Waals surface area contributed by atoms with Gasteiger partial charge < -0.3 is 19.1 Å². The van der Waals surface area contributed by atoms with Crippen molar-refractivity contribution in [3.8, 4) is 5.75 Å². The van der Waals surface area contributed by atoms with Crippen LogP contribution < -0.4 is 9.64 Å². The minimum absolute atomic E-state index is 0.0917. The molecule has 3 aliphatic rings. The van der Waals surface area contributed by atoms with Crippen LogP contribution in [0.2, 0.25) is 0 Å². The highest BCUT2D eigenvalue weighted by Gasteiger charge is 2.37. The second kappa shape index (κ2) is 9.23. The zero-order valence-electron chi connectivity index (χ0n) is 20.9. The average molecular weight is 469 g/mol. The number of ether oxygens (including phenoxy) is 1.